The van der Waals surface area contributed by atoms with Gasteiger partial charge in [-0.15, -0.1) is 0 Å². The number of aromatic nitrogens is 4. The van der Waals surface area contributed by atoms with E-state index >= 15 is 0 Å². The number of benzene rings is 10. The summed E-state index contributed by atoms with van der Waals surface area (Å²) in [6, 6.07) is 82.3. The molecule has 12 aromatic rings. The average molecular weight is 1510 g/mol. The van der Waals surface area contributed by atoms with Gasteiger partial charge in [0, 0.05) is 45.3 Å². The molecule has 464 valence electrons. The van der Waals surface area contributed by atoms with Gasteiger partial charge in [0.2, 0.25) is 10.6 Å². The van der Waals surface area contributed by atoms with E-state index in [1.807, 2.05) is 24.3 Å². The van der Waals surface area contributed by atoms with Gasteiger partial charge in [0.05, 0.1) is 49.5 Å². The number of nitrogens with zero attached hydrogens (tertiary/aromatic N) is 4. The van der Waals surface area contributed by atoms with Crippen molar-refractivity contribution in [2.75, 3.05) is 28.4 Å². The van der Waals surface area contributed by atoms with Gasteiger partial charge >= 0.3 is 42.1 Å². The van der Waals surface area contributed by atoms with Crippen molar-refractivity contribution in [1.29, 1.82) is 0 Å². The van der Waals surface area contributed by atoms with Crippen LogP contribution in [0.15, 0.2) is 260 Å². The van der Waals surface area contributed by atoms with Crippen molar-refractivity contribution in [2.45, 2.75) is 7.43 Å². The van der Waals surface area contributed by atoms with Crippen molar-refractivity contribution in [2.24, 2.45) is 0 Å². The van der Waals surface area contributed by atoms with E-state index in [1.54, 1.807) is 50.9 Å². The van der Waals surface area contributed by atoms with Crippen LogP contribution < -0.4 is 56.2 Å². The molecule has 0 fully saturated rings. The SMILES string of the molecule is C.COc1cc(OC)cc(-c2cc3cnc(Cl)nc3cc2Cl)c1.COc1cc(OC)cc(B(O)O)c1.Clc1ncc2cc(Br)c(Cl)cc2n1.[Cl][Pd][Cl].c1ccc(P(c2ccccc2)c2ccccc2)cc1.c1ccc(P(c2ccccc2)c2ccccc2)cc1. The summed E-state index contributed by atoms with van der Waals surface area (Å²) in [7, 11) is 13.4. The number of ether oxygens (including phenoxy) is 4. The number of methoxy groups -OCH3 is 4. The van der Waals surface area contributed by atoms with E-state index in [0.717, 1.165) is 31.9 Å². The second-order valence-corrected chi connectivity index (χ2v) is 27.5. The summed E-state index contributed by atoms with van der Waals surface area (Å²) in [5.74, 6) is 2.45. The molecule has 90 heavy (non-hydrogen) atoms. The molecule has 0 spiro atoms. The first kappa shape index (κ1) is 72.9. The van der Waals surface area contributed by atoms with E-state index in [2.05, 4.69) is 218 Å². The average Bonchev–Trinajstić information content (AvgIpc) is 1.59. The Kier molecular flexibility index (Phi) is 31.3. The number of hydrogen-bond acceptors (Lipinski definition) is 10. The van der Waals surface area contributed by atoms with Gasteiger partial charge in [0.15, 0.2) is 0 Å². The maximum absolute atomic E-state index is 8.91. The van der Waals surface area contributed by atoms with E-state index in [1.165, 1.54) is 58.2 Å². The zero-order chi connectivity index (χ0) is 63.5. The van der Waals surface area contributed by atoms with Crippen LogP contribution in [0, 0.1) is 0 Å². The van der Waals surface area contributed by atoms with Crippen molar-refractivity contribution in [1.82, 2.24) is 19.9 Å². The Bertz CT molecular complexity index is 3760. The first-order chi connectivity index (χ1) is 43.2. The van der Waals surface area contributed by atoms with E-state index in [0.29, 0.717) is 44.0 Å². The normalized spacial score (nSPS) is 10.3. The predicted molar refractivity (Wildman–Crippen MR) is 383 cm³/mol. The first-order valence-electron chi connectivity index (χ1n) is 26.7. The van der Waals surface area contributed by atoms with Crippen LogP contribution in [-0.2, 0) is 15.9 Å². The van der Waals surface area contributed by atoms with Crippen molar-refractivity contribution in [3.8, 4) is 34.1 Å². The second kappa shape index (κ2) is 38.6. The minimum absolute atomic E-state index is 0. The van der Waals surface area contributed by atoms with E-state index in [9.17, 15) is 0 Å². The fourth-order valence-electron chi connectivity index (χ4n) is 8.55. The molecule has 0 unspecified atom stereocenters. The molecule has 0 aliphatic rings. The molecule has 10 aromatic carbocycles. The van der Waals surface area contributed by atoms with Gasteiger partial charge in [-0.2, -0.15) is 0 Å². The molecule has 2 N–H and O–H groups in total. The standard InChI is InChI=1S/2C18H15P.C16H12Cl2N2O2.C8H11BO4.C8H3BrCl2N2.CH4.2ClH.Pd/c2*1-4-10-16(11-5-1)19(17-12-6-2-7-13-17)18-14-8-3-9-15-18;1-21-11-3-9(4-12(6-11)22-2)13-5-10-8-19-16(18)20-15(10)7-14(13)17;1-12-7-3-6(9(10)11)4-8(5-7)13-2;9-5-1-4-3-12-8(11)13-7(4)2-6(5)10;;;;/h2*1-15H;3-8H,1-2H3;3-5,10-11H,1-2H3;1-3H;1H4;2*1H;/q;;;;;;;;+2/p-2. The topological polar surface area (TPSA) is 129 Å². The molecular weight excluding hydrogens is 1450 g/mol. The molecule has 0 bridgehead atoms. The molecule has 0 amide bonds. The van der Waals surface area contributed by atoms with Crippen molar-refractivity contribution >= 4 is 163 Å². The Labute approximate surface area is 573 Å². The summed E-state index contributed by atoms with van der Waals surface area (Å²) < 4.78 is 21.3. The summed E-state index contributed by atoms with van der Waals surface area (Å²) in [6.45, 7) is 0. The third-order valence-corrected chi connectivity index (χ3v) is 19.4. The van der Waals surface area contributed by atoms with Crippen molar-refractivity contribution in [3.63, 3.8) is 0 Å². The number of halogens is 7. The molecule has 10 nitrogen and oxygen atoms in total. The smallest absolute Gasteiger partial charge is 0.0134 e. The van der Waals surface area contributed by atoms with Gasteiger partial charge in [-0.05, 0) is 146 Å². The zero-order valence-electron chi connectivity index (χ0n) is 48.0. The Morgan fingerprint density at radius 3 is 1.00 bits per heavy atom. The van der Waals surface area contributed by atoms with Crippen LogP contribution in [0.3, 0.4) is 0 Å². The van der Waals surface area contributed by atoms with E-state index in [4.69, 9.17) is 94.5 Å². The molecule has 0 radical (unpaired) electrons. The third-order valence-electron chi connectivity index (χ3n) is 12.7. The fourth-order valence-corrected chi connectivity index (χ4v) is 14.2. The number of rotatable bonds is 12. The minimum atomic E-state index is -1.51. The molecular formula is C69H60BBrCl6N4O6P2Pd. The molecule has 0 aliphatic heterocycles. The zero-order valence-corrected chi connectivity index (χ0v) is 57.5. The summed E-state index contributed by atoms with van der Waals surface area (Å²) >= 11 is 26.9. The largest absolute Gasteiger partial charge is 0.0622 e. The van der Waals surface area contributed by atoms with Gasteiger partial charge < -0.3 is 29.0 Å². The van der Waals surface area contributed by atoms with Crippen LogP contribution in [0.5, 0.6) is 23.0 Å². The van der Waals surface area contributed by atoms with E-state index in [-0.39, 0.29) is 33.9 Å². The Balaban J connectivity index is 0.000000179. The second-order valence-electron chi connectivity index (χ2n) is 18.3. The monoisotopic (exact) mass is 1510 g/mol. The van der Waals surface area contributed by atoms with Crippen molar-refractivity contribution < 1.29 is 44.9 Å². The van der Waals surface area contributed by atoms with Gasteiger partial charge in [0.25, 0.3) is 0 Å². The molecule has 12 rings (SSSR count). The predicted octanol–water partition coefficient (Wildman–Crippen LogP) is 16.6. The van der Waals surface area contributed by atoms with Crippen LogP contribution in [0.1, 0.15) is 7.43 Å². The molecule has 21 heteroatoms. The molecule has 0 aliphatic carbocycles. The van der Waals surface area contributed by atoms with Crippen LogP contribution in [-0.4, -0.2) is 65.5 Å². The van der Waals surface area contributed by atoms with E-state index < -0.39 is 23.0 Å². The Morgan fingerprint density at radius 1 is 0.411 bits per heavy atom. The van der Waals surface area contributed by atoms with Crippen LogP contribution in [0.25, 0.3) is 32.9 Å². The van der Waals surface area contributed by atoms with Crippen LogP contribution in [0.4, 0.5) is 0 Å². The van der Waals surface area contributed by atoms with Crippen molar-refractivity contribution in [3.05, 3.63) is 280 Å². The van der Waals surface area contributed by atoms with Gasteiger partial charge in [-0.3, -0.25) is 0 Å². The third kappa shape index (κ3) is 22.0. The molecule has 0 saturated carbocycles. The maximum atomic E-state index is 8.91. The Hall–Kier alpha value is -6.19. The number of hydrogen-bond donors (Lipinski definition) is 2. The van der Waals surface area contributed by atoms with Crippen LogP contribution in [0.2, 0.25) is 20.6 Å². The Morgan fingerprint density at radius 2 is 0.700 bits per heavy atom. The maximum Gasteiger partial charge on any atom is -0.0134 e. The quantitative estimate of drug-likeness (QED) is 0.0693. The van der Waals surface area contributed by atoms with Gasteiger partial charge in [0.1, 0.15) is 23.0 Å². The fraction of sp³-hybridized carbons (Fsp3) is 0.0725. The molecule has 2 aromatic heterocycles. The molecule has 0 atom stereocenters. The summed E-state index contributed by atoms with van der Waals surface area (Å²) in [5.41, 5.74) is 3.52. The summed E-state index contributed by atoms with van der Waals surface area (Å²) in [4.78, 5) is 16.1. The molecule has 0 saturated heterocycles. The minimum Gasteiger partial charge on any atom is -0.0622 e. The van der Waals surface area contributed by atoms with Gasteiger partial charge in [-0.25, -0.2) is 19.9 Å². The first-order valence-corrected chi connectivity index (χ1v) is 35.7. The van der Waals surface area contributed by atoms with Gasteiger partial charge in [-0.1, -0.05) is 213 Å². The summed E-state index contributed by atoms with van der Waals surface area (Å²) in [6.07, 6.45) is 3.33. The molecule has 2 heterocycles. The van der Waals surface area contributed by atoms with Crippen LogP contribution >= 0.6 is 97.2 Å². The summed E-state index contributed by atoms with van der Waals surface area (Å²) in [5, 5.41) is 29.6. The number of fused-ring (bicyclic) bond motifs is 2.